The van der Waals surface area contributed by atoms with Gasteiger partial charge < -0.3 is 9.80 Å². The number of carbonyl (C=O) groups is 1. The largest absolute Gasteiger partial charge is 0.355 e. The summed E-state index contributed by atoms with van der Waals surface area (Å²) in [6.45, 7) is 6.44. The molecule has 0 unspecified atom stereocenters. The standard InChI is InChI=1S/C25H34N8O/c1-29-16-21(13-27-29)22-17-33-23(5-8-26-33)25(28-22)31-9-6-20(7-10-31)15-32-12-11-30(18-24(32)34)14-19-3-2-4-19/h5,8,13,16-17,19-20H,2-4,6-7,9-12,14-15,18H2,1H3. The molecule has 0 atom stereocenters. The molecule has 3 aromatic heterocycles. The van der Waals surface area contributed by atoms with Crippen molar-refractivity contribution in [3.05, 3.63) is 30.9 Å². The third kappa shape index (κ3) is 4.29. The number of rotatable bonds is 6. The van der Waals surface area contributed by atoms with Gasteiger partial charge in [0.1, 0.15) is 5.52 Å². The lowest BCUT2D eigenvalue weighted by Crippen LogP contribution is -2.53. The molecule has 9 nitrogen and oxygen atoms in total. The number of aryl methyl sites for hydroxylation is 1. The first kappa shape index (κ1) is 21.6. The Morgan fingerprint density at radius 3 is 2.50 bits per heavy atom. The molecule has 0 aromatic carbocycles. The number of anilines is 1. The highest BCUT2D eigenvalue weighted by molar-refractivity contribution is 5.79. The number of piperidine rings is 1. The Balaban J connectivity index is 1.08. The Morgan fingerprint density at radius 2 is 1.79 bits per heavy atom. The van der Waals surface area contributed by atoms with E-state index in [9.17, 15) is 4.79 Å². The predicted octanol–water partition coefficient (Wildman–Crippen LogP) is 2.29. The van der Waals surface area contributed by atoms with Crippen molar-refractivity contribution in [3.63, 3.8) is 0 Å². The average molecular weight is 463 g/mol. The van der Waals surface area contributed by atoms with Crippen molar-refractivity contribution in [1.82, 2.24) is 34.2 Å². The fourth-order valence-corrected chi connectivity index (χ4v) is 5.62. The Kier molecular flexibility index (Phi) is 5.72. The summed E-state index contributed by atoms with van der Waals surface area (Å²) >= 11 is 0. The van der Waals surface area contributed by atoms with Gasteiger partial charge in [-0.25, -0.2) is 9.50 Å². The van der Waals surface area contributed by atoms with E-state index < -0.39 is 0 Å². The van der Waals surface area contributed by atoms with E-state index in [1.54, 1.807) is 4.68 Å². The van der Waals surface area contributed by atoms with Gasteiger partial charge in [0.15, 0.2) is 5.82 Å². The number of nitrogens with zero attached hydrogens (tertiary/aromatic N) is 8. The smallest absolute Gasteiger partial charge is 0.236 e. The van der Waals surface area contributed by atoms with E-state index in [0.29, 0.717) is 18.4 Å². The van der Waals surface area contributed by atoms with E-state index >= 15 is 0 Å². The van der Waals surface area contributed by atoms with Gasteiger partial charge >= 0.3 is 0 Å². The second-order valence-corrected chi connectivity index (χ2v) is 10.3. The highest BCUT2D eigenvalue weighted by Gasteiger charge is 2.30. The zero-order valence-electron chi connectivity index (χ0n) is 20.0. The molecule has 0 spiro atoms. The van der Waals surface area contributed by atoms with Crippen LogP contribution in [0.4, 0.5) is 5.82 Å². The van der Waals surface area contributed by atoms with Crippen molar-refractivity contribution in [2.24, 2.45) is 18.9 Å². The lowest BCUT2D eigenvalue weighted by Gasteiger charge is -2.40. The summed E-state index contributed by atoms with van der Waals surface area (Å²) in [5, 5.41) is 8.77. The van der Waals surface area contributed by atoms with Gasteiger partial charge in [-0.2, -0.15) is 10.2 Å². The summed E-state index contributed by atoms with van der Waals surface area (Å²) in [5.74, 6) is 2.69. The van der Waals surface area contributed by atoms with Crippen molar-refractivity contribution in [2.75, 3.05) is 50.7 Å². The molecule has 2 saturated heterocycles. The number of amides is 1. The summed E-state index contributed by atoms with van der Waals surface area (Å²) in [4.78, 5) is 24.7. The summed E-state index contributed by atoms with van der Waals surface area (Å²) in [6, 6.07) is 2.03. The van der Waals surface area contributed by atoms with Gasteiger partial charge in [-0.15, -0.1) is 0 Å². The molecule has 2 aliphatic heterocycles. The number of hydrogen-bond acceptors (Lipinski definition) is 6. The molecule has 1 amide bonds. The van der Waals surface area contributed by atoms with Gasteiger partial charge in [-0.05, 0) is 43.6 Å². The van der Waals surface area contributed by atoms with Crippen LogP contribution in [0.25, 0.3) is 16.8 Å². The SMILES string of the molecule is Cn1cc(-c2cn3nccc3c(N3CCC(CN4CCN(CC5CCC5)CC4=O)CC3)n2)cn1. The fourth-order valence-electron chi connectivity index (χ4n) is 5.62. The Hall–Kier alpha value is -2.94. The molecule has 180 valence electrons. The van der Waals surface area contributed by atoms with Crippen molar-refractivity contribution >= 4 is 17.2 Å². The van der Waals surface area contributed by atoms with Crippen LogP contribution < -0.4 is 4.90 Å². The molecular formula is C25H34N8O. The second-order valence-electron chi connectivity index (χ2n) is 10.3. The van der Waals surface area contributed by atoms with Crippen LogP contribution in [0.2, 0.25) is 0 Å². The van der Waals surface area contributed by atoms with E-state index in [-0.39, 0.29) is 0 Å². The molecule has 0 N–H and O–H groups in total. The zero-order valence-corrected chi connectivity index (χ0v) is 20.0. The number of fused-ring (bicyclic) bond motifs is 1. The first-order chi connectivity index (χ1) is 16.6. The molecule has 6 rings (SSSR count). The van der Waals surface area contributed by atoms with E-state index in [1.807, 2.05) is 42.4 Å². The molecule has 34 heavy (non-hydrogen) atoms. The summed E-state index contributed by atoms with van der Waals surface area (Å²) in [7, 11) is 1.92. The number of carbonyl (C=O) groups excluding carboxylic acids is 1. The third-order valence-electron chi connectivity index (χ3n) is 7.90. The predicted molar refractivity (Wildman–Crippen MR) is 130 cm³/mol. The van der Waals surface area contributed by atoms with Crippen molar-refractivity contribution in [3.8, 4) is 11.3 Å². The maximum Gasteiger partial charge on any atom is 0.236 e. The molecule has 5 heterocycles. The average Bonchev–Trinajstić information content (AvgIpc) is 3.47. The maximum absolute atomic E-state index is 12.8. The summed E-state index contributed by atoms with van der Waals surface area (Å²) < 4.78 is 3.71. The molecule has 3 aliphatic rings. The summed E-state index contributed by atoms with van der Waals surface area (Å²) in [6.07, 6.45) is 13.8. The molecule has 1 saturated carbocycles. The molecule has 1 aliphatic carbocycles. The van der Waals surface area contributed by atoms with Gasteiger partial charge in [-0.1, -0.05) is 6.42 Å². The quantitative estimate of drug-likeness (QED) is 0.560. The van der Waals surface area contributed by atoms with Crippen LogP contribution in [-0.2, 0) is 11.8 Å². The van der Waals surface area contributed by atoms with Crippen LogP contribution in [0.5, 0.6) is 0 Å². The normalized spacial score (nSPS) is 20.9. The van der Waals surface area contributed by atoms with Gasteiger partial charge in [-0.3, -0.25) is 14.4 Å². The van der Waals surface area contributed by atoms with Crippen molar-refractivity contribution in [1.29, 1.82) is 0 Å². The Morgan fingerprint density at radius 1 is 0.971 bits per heavy atom. The number of hydrogen-bond donors (Lipinski definition) is 0. The first-order valence-electron chi connectivity index (χ1n) is 12.7. The van der Waals surface area contributed by atoms with Gasteiger partial charge in [0.05, 0.1) is 30.8 Å². The van der Waals surface area contributed by atoms with Gasteiger partial charge in [0, 0.05) is 58.1 Å². The van der Waals surface area contributed by atoms with Crippen LogP contribution in [0, 0.1) is 11.8 Å². The van der Waals surface area contributed by atoms with Crippen molar-refractivity contribution in [2.45, 2.75) is 32.1 Å². The van der Waals surface area contributed by atoms with E-state index in [1.165, 1.54) is 19.3 Å². The lowest BCUT2D eigenvalue weighted by molar-refractivity contribution is -0.137. The molecule has 0 bridgehead atoms. The van der Waals surface area contributed by atoms with Crippen molar-refractivity contribution < 1.29 is 4.79 Å². The minimum atomic E-state index is 0.319. The van der Waals surface area contributed by atoms with Crippen LogP contribution in [-0.4, -0.2) is 85.9 Å². The minimum absolute atomic E-state index is 0.319. The summed E-state index contributed by atoms with van der Waals surface area (Å²) in [5.41, 5.74) is 2.90. The number of aromatic nitrogens is 5. The van der Waals surface area contributed by atoms with E-state index in [4.69, 9.17) is 4.98 Å². The Bertz CT molecular complexity index is 1160. The number of piperazine rings is 1. The van der Waals surface area contributed by atoms with Crippen LogP contribution >= 0.6 is 0 Å². The molecule has 0 radical (unpaired) electrons. The zero-order chi connectivity index (χ0) is 23.1. The van der Waals surface area contributed by atoms with Crippen LogP contribution in [0.15, 0.2) is 30.9 Å². The second kappa shape index (κ2) is 9.02. The molecule has 3 fully saturated rings. The van der Waals surface area contributed by atoms with Gasteiger partial charge in [0.2, 0.25) is 5.91 Å². The molecular weight excluding hydrogens is 428 g/mol. The first-order valence-corrected chi connectivity index (χ1v) is 12.7. The van der Waals surface area contributed by atoms with Gasteiger partial charge in [0.25, 0.3) is 0 Å². The third-order valence-corrected chi connectivity index (χ3v) is 7.90. The maximum atomic E-state index is 12.8. The van der Waals surface area contributed by atoms with E-state index in [0.717, 1.165) is 80.6 Å². The van der Waals surface area contributed by atoms with Crippen LogP contribution in [0.3, 0.4) is 0 Å². The monoisotopic (exact) mass is 462 g/mol. The highest BCUT2D eigenvalue weighted by Crippen LogP contribution is 2.30. The molecule has 9 heteroatoms. The lowest BCUT2D eigenvalue weighted by atomic mass is 9.85. The minimum Gasteiger partial charge on any atom is -0.355 e. The van der Waals surface area contributed by atoms with Crippen LogP contribution in [0.1, 0.15) is 32.1 Å². The highest BCUT2D eigenvalue weighted by atomic mass is 16.2. The molecule has 3 aromatic rings. The Labute approximate surface area is 200 Å². The topological polar surface area (TPSA) is 74.8 Å². The fraction of sp³-hybridized carbons (Fsp3) is 0.600. The van der Waals surface area contributed by atoms with E-state index in [2.05, 4.69) is 24.9 Å².